The van der Waals surface area contributed by atoms with Crippen molar-refractivity contribution in [2.75, 3.05) is 11.9 Å². The van der Waals surface area contributed by atoms with Gasteiger partial charge in [0.05, 0.1) is 12.6 Å². The number of hydrogen-bond donors (Lipinski definition) is 4. The predicted octanol–water partition coefficient (Wildman–Crippen LogP) is 2.64. The van der Waals surface area contributed by atoms with Gasteiger partial charge in [0.25, 0.3) is 0 Å². The molecule has 1 aromatic heterocycles. The summed E-state index contributed by atoms with van der Waals surface area (Å²) in [5.41, 5.74) is 1.92. The molecule has 4 N–H and O–H groups in total. The van der Waals surface area contributed by atoms with Crippen molar-refractivity contribution in [3.05, 3.63) is 54.6 Å². The standard InChI is InChI=1S/C18H19N3O.C2H2O4/c1-2-14(12-22)19-18-16-11-7-6-10-15(16)17(20-21-18)13-8-4-3-5-9-13;3-1(4)2(5)6/h3-11,14,22H,2,12H2,1H3,(H,19,21);(H,3,4)(H,5,6). The zero-order valence-electron chi connectivity index (χ0n) is 15.2. The topological polar surface area (TPSA) is 133 Å². The third-order valence-electron chi connectivity index (χ3n) is 3.97. The van der Waals surface area contributed by atoms with Crippen LogP contribution < -0.4 is 5.32 Å². The van der Waals surface area contributed by atoms with Gasteiger partial charge in [-0.15, -0.1) is 10.2 Å². The number of aromatic nitrogens is 2. The Labute approximate surface area is 161 Å². The van der Waals surface area contributed by atoms with E-state index in [0.717, 1.165) is 34.3 Å². The van der Waals surface area contributed by atoms with Gasteiger partial charge in [-0.2, -0.15) is 0 Å². The lowest BCUT2D eigenvalue weighted by Gasteiger charge is -2.16. The first kappa shape index (κ1) is 20.8. The molecule has 3 aromatic rings. The zero-order chi connectivity index (χ0) is 20.5. The first-order valence-corrected chi connectivity index (χ1v) is 8.62. The molecule has 2 aromatic carbocycles. The van der Waals surface area contributed by atoms with Crippen molar-refractivity contribution in [2.24, 2.45) is 0 Å². The summed E-state index contributed by atoms with van der Waals surface area (Å²) in [6.45, 7) is 2.11. The van der Waals surface area contributed by atoms with Gasteiger partial charge in [0.2, 0.25) is 0 Å². The number of carbonyl (C=O) groups is 2. The quantitative estimate of drug-likeness (QED) is 0.494. The van der Waals surface area contributed by atoms with Crippen molar-refractivity contribution in [1.29, 1.82) is 0 Å². The molecule has 0 aliphatic heterocycles. The summed E-state index contributed by atoms with van der Waals surface area (Å²) in [7, 11) is 0. The van der Waals surface area contributed by atoms with Gasteiger partial charge in [-0.3, -0.25) is 0 Å². The molecule has 0 amide bonds. The van der Waals surface area contributed by atoms with Crippen LogP contribution in [0.3, 0.4) is 0 Å². The van der Waals surface area contributed by atoms with Crippen molar-refractivity contribution in [3.8, 4) is 11.3 Å². The minimum atomic E-state index is -1.82. The normalized spacial score (nSPS) is 11.2. The molecule has 0 saturated carbocycles. The number of aliphatic carboxylic acids is 2. The lowest BCUT2D eigenvalue weighted by Crippen LogP contribution is -2.23. The molecule has 1 heterocycles. The number of nitrogens with zero attached hydrogens (tertiary/aromatic N) is 2. The summed E-state index contributed by atoms with van der Waals surface area (Å²) < 4.78 is 0. The molecular formula is C20H21N3O5. The molecule has 3 rings (SSSR count). The van der Waals surface area contributed by atoms with Crippen molar-refractivity contribution < 1.29 is 24.9 Å². The number of carboxylic acids is 2. The van der Waals surface area contributed by atoms with Crippen molar-refractivity contribution in [3.63, 3.8) is 0 Å². The maximum Gasteiger partial charge on any atom is 0.414 e. The van der Waals surface area contributed by atoms with E-state index in [4.69, 9.17) is 19.8 Å². The Kier molecular flexibility index (Phi) is 7.41. The lowest BCUT2D eigenvalue weighted by molar-refractivity contribution is -0.159. The Morgan fingerprint density at radius 2 is 1.50 bits per heavy atom. The molecular weight excluding hydrogens is 362 g/mol. The van der Waals surface area contributed by atoms with Crippen molar-refractivity contribution in [2.45, 2.75) is 19.4 Å². The number of fused-ring (bicyclic) bond motifs is 1. The molecule has 28 heavy (non-hydrogen) atoms. The van der Waals surface area contributed by atoms with Gasteiger partial charge in [0, 0.05) is 16.3 Å². The van der Waals surface area contributed by atoms with E-state index in [2.05, 4.69) is 21.6 Å². The Morgan fingerprint density at radius 1 is 0.929 bits per heavy atom. The molecule has 0 spiro atoms. The third-order valence-corrected chi connectivity index (χ3v) is 3.97. The molecule has 1 atom stereocenters. The number of benzene rings is 2. The number of anilines is 1. The first-order chi connectivity index (χ1) is 13.5. The predicted molar refractivity (Wildman–Crippen MR) is 105 cm³/mol. The molecule has 8 heteroatoms. The summed E-state index contributed by atoms with van der Waals surface area (Å²) in [6, 6.07) is 18.1. The van der Waals surface area contributed by atoms with E-state index in [1.807, 2.05) is 55.5 Å². The van der Waals surface area contributed by atoms with E-state index < -0.39 is 11.9 Å². The number of aliphatic hydroxyl groups excluding tert-OH is 1. The van der Waals surface area contributed by atoms with Crippen LogP contribution in [0.1, 0.15) is 13.3 Å². The van der Waals surface area contributed by atoms with Crippen LogP contribution >= 0.6 is 0 Å². The Morgan fingerprint density at radius 3 is 2.04 bits per heavy atom. The Bertz CT molecular complexity index is 931. The van der Waals surface area contributed by atoms with E-state index in [1.54, 1.807) is 0 Å². The minimum Gasteiger partial charge on any atom is -0.473 e. The average Bonchev–Trinajstić information content (AvgIpc) is 2.73. The number of carboxylic acid groups (broad SMARTS) is 2. The molecule has 8 nitrogen and oxygen atoms in total. The Hall–Kier alpha value is -3.52. The van der Waals surface area contributed by atoms with Gasteiger partial charge in [-0.25, -0.2) is 9.59 Å². The third kappa shape index (κ3) is 5.24. The van der Waals surface area contributed by atoms with Crippen LogP contribution in [-0.4, -0.2) is 50.1 Å². The van der Waals surface area contributed by atoms with Gasteiger partial charge in [0.15, 0.2) is 5.82 Å². The van der Waals surface area contributed by atoms with Crippen LogP contribution in [0.5, 0.6) is 0 Å². The highest BCUT2D eigenvalue weighted by Crippen LogP contribution is 2.29. The van der Waals surface area contributed by atoms with Crippen LogP contribution in [0.2, 0.25) is 0 Å². The molecule has 0 fully saturated rings. The van der Waals surface area contributed by atoms with E-state index >= 15 is 0 Å². The highest BCUT2D eigenvalue weighted by Gasteiger charge is 2.13. The summed E-state index contributed by atoms with van der Waals surface area (Å²) in [5, 5.41) is 38.3. The molecule has 0 saturated heterocycles. The second-order valence-corrected chi connectivity index (χ2v) is 5.85. The highest BCUT2D eigenvalue weighted by molar-refractivity contribution is 6.27. The van der Waals surface area contributed by atoms with Crippen LogP contribution in [0.4, 0.5) is 5.82 Å². The highest BCUT2D eigenvalue weighted by atomic mass is 16.4. The Balaban J connectivity index is 0.000000409. The van der Waals surface area contributed by atoms with Gasteiger partial charge in [-0.05, 0) is 6.42 Å². The number of aliphatic hydroxyl groups is 1. The molecule has 1 unspecified atom stereocenters. The van der Waals surface area contributed by atoms with E-state index in [1.165, 1.54) is 0 Å². The van der Waals surface area contributed by atoms with Crippen LogP contribution in [-0.2, 0) is 9.59 Å². The molecule has 0 aliphatic rings. The van der Waals surface area contributed by atoms with E-state index in [9.17, 15) is 5.11 Å². The summed E-state index contributed by atoms with van der Waals surface area (Å²) in [4.78, 5) is 18.2. The first-order valence-electron chi connectivity index (χ1n) is 8.62. The summed E-state index contributed by atoms with van der Waals surface area (Å²) in [5.74, 6) is -2.93. The van der Waals surface area contributed by atoms with E-state index in [0.29, 0.717) is 0 Å². The monoisotopic (exact) mass is 383 g/mol. The van der Waals surface area contributed by atoms with E-state index in [-0.39, 0.29) is 12.6 Å². The molecule has 0 radical (unpaired) electrons. The lowest BCUT2D eigenvalue weighted by atomic mass is 10.0. The fourth-order valence-electron chi connectivity index (χ4n) is 2.49. The zero-order valence-corrected chi connectivity index (χ0v) is 15.2. The minimum absolute atomic E-state index is 0.0136. The summed E-state index contributed by atoms with van der Waals surface area (Å²) in [6.07, 6.45) is 0.826. The fourth-order valence-corrected chi connectivity index (χ4v) is 2.49. The van der Waals surface area contributed by atoms with Crippen molar-refractivity contribution >= 4 is 28.5 Å². The number of nitrogens with one attached hydrogen (secondary N) is 1. The maximum atomic E-state index is 9.38. The fraction of sp³-hybridized carbons (Fsp3) is 0.200. The van der Waals surface area contributed by atoms with Crippen molar-refractivity contribution in [1.82, 2.24) is 10.2 Å². The molecule has 0 aliphatic carbocycles. The van der Waals surface area contributed by atoms with Crippen LogP contribution in [0.15, 0.2) is 54.6 Å². The van der Waals surface area contributed by atoms with Gasteiger partial charge >= 0.3 is 11.9 Å². The number of rotatable bonds is 5. The molecule has 0 bridgehead atoms. The van der Waals surface area contributed by atoms with Crippen LogP contribution in [0.25, 0.3) is 22.0 Å². The largest absolute Gasteiger partial charge is 0.473 e. The second kappa shape index (κ2) is 9.98. The van der Waals surface area contributed by atoms with Gasteiger partial charge < -0.3 is 20.6 Å². The SMILES string of the molecule is CCC(CO)Nc1nnc(-c2ccccc2)c2ccccc12.O=C(O)C(=O)O. The second-order valence-electron chi connectivity index (χ2n) is 5.85. The number of hydrogen-bond acceptors (Lipinski definition) is 6. The average molecular weight is 383 g/mol. The van der Waals surface area contributed by atoms with Gasteiger partial charge in [-0.1, -0.05) is 61.5 Å². The maximum absolute atomic E-state index is 9.38. The van der Waals surface area contributed by atoms with Crippen LogP contribution in [0, 0.1) is 0 Å². The molecule has 146 valence electrons. The van der Waals surface area contributed by atoms with Gasteiger partial charge in [0.1, 0.15) is 5.69 Å². The smallest absolute Gasteiger partial charge is 0.414 e. The summed E-state index contributed by atoms with van der Waals surface area (Å²) >= 11 is 0.